The van der Waals surface area contributed by atoms with E-state index >= 15 is 0 Å². The third kappa shape index (κ3) is 5.35. The highest BCUT2D eigenvalue weighted by atomic mass is 35.5. The van der Waals surface area contributed by atoms with Crippen LogP contribution in [0.1, 0.15) is 38.7 Å². The Balaban J connectivity index is 1.96. The van der Waals surface area contributed by atoms with Gasteiger partial charge in [0.05, 0.1) is 10.0 Å². The molecule has 130 valence electrons. The van der Waals surface area contributed by atoms with Gasteiger partial charge in [-0.25, -0.2) is 4.39 Å². The van der Waals surface area contributed by atoms with Gasteiger partial charge in [-0.2, -0.15) is 0 Å². The lowest BCUT2D eigenvalue weighted by atomic mass is 10.1. The molecule has 0 bridgehead atoms. The van der Waals surface area contributed by atoms with E-state index < -0.39 is 0 Å². The zero-order chi connectivity index (χ0) is 17.9. The first-order chi connectivity index (χ1) is 11.3. The Morgan fingerprint density at radius 1 is 1.38 bits per heavy atom. The molecule has 1 saturated carbocycles. The topological polar surface area (TPSA) is 29.1 Å². The lowest BCUT2D eigenvalue weighted by molar-refractivity contribution is -0.116. The number of carbonyl (C=O) groups excluding carboxylic acids is 1. The Morgan fingerprint density at radius 2 is 2.08 bits per heavy atom. The van der Waals surface area contributed by atoms with Crippen molar-refractivity contribution in [1.82, 2.24) is 5.32 Å². The van der Waals surface area contributed by atoms with E-state index in [1.807, 2.05) is 26.0 Å². The molecule has 0 aromatic heterocycles. The van der Waals surface area contributed by atoms with Crippen molar-refractivity contribution < 1.29 is 9.18 Å². The summed E-state index contributed by atoms with van der Waals surface area (Å²) in [5.74, 6) is 0.141. The summed E-state index contributed by atoms with van der Waals surface area (Å²) < 4.78 is 14.2. The van der Waals surface area contributed by atoms with Gasteiger partial charge in [-0.15, -0.1) is 0 Å². The van der Waals surface area contributed by atoms with Gasteiger partial charge in [-0.1, -0.05) is 43.1 Å². The summed E-state index contributed by atoms with van der Waals surface area (Å²) in [6.07, 6.45) is 3.78. The number of benzene rings is 1. The molecule has 0 unspecified atom stereocenters. The molecule has 0 spiro atoms. The second-order valence-corrected chi connectivity index (χ2v) is 7.47. The van der Waals surface area contributed by atoms with Crippen LogP contribution in [0.3, 0.4) is 0 Å². The largest absolute Gasteiger partial charge is 0.352 e. The highest BCUT2D eigenvalue weighted by molar-refractivity contribution is 6.42. The van der Waals surface area contributed by atoms with E-state index in [9.17, 15) is 9.18 Å². The van der Waals surface area contributed by atoms with Crippen molar-refractivity contribution in [2.24, 2.45) is 11.8 Å². The number of carbonyl (C=O) groups is 1. The fourth-order valence-electron chi connectivity index (χ4n) is 2.47. The molecule has 1 N–H and O–H groups in total. The number of hydrogen-bond donors (Lipinski definition) is 1. The lowest BCUT2D eigenvalue weighted by Crippen LogP contribution is -2.25. The number of amides is 1. The number of hydrogen-bond acceptors (Lipinski definition) is 1. The van der Waals surface area contributed by atoms with E-state index in [0.717, 1.165) is 12.0 Å². The first-order valence-corrected chi connectivity index (χ1v) is 8.82. The summed E-state index contributed by atoms with van der Waals surface area (Å²) in [5, 5.41) is 3.78. The molecule has 0 aliphatic heterocycles. The molecule has 24 heavy (non-hydrogen) atoms. The van der Waals surface area contributed by atoms with Gasteiger partial charge in [0, 0.05) is 12.6 Å². The SMILES string of the molecule is CC(=C\C(=O)NCC(C)C)/C(F)=C\[C@@H]1C[C@H]1c1ccc(Cl)c(Cl)c1. The van der Waals surface area contributed by atoms with Crippen LogP contribution >= 0.6 is 23.2 Å². The number of nitrogens with one attached hydrogen (secondary N) is 1. The minimum absolute atomic E-state index is 0.129. The number of halogens is 3. The van der Waals surface area contributed by atoms with E-state index in [2.05, 4.69) is 5.32 Å². The van der Waals surface area contributed by atoms with Crippen molar-refractivity contribution in [1.29, 1.82) is 0 Å². The molecular weight excluding hydrogens is 348 g/mol. The fraction of sp³-hybridized carbons (Fsp3) is 0.421. The average molecular weight is 370 g/mol. The summed E-state index contributed by atoms with van der Waals surface area (Å²) in [6, 6.07) is 5.52. The molecule has 0 radical (unpaired) electrons. The van der Waals surface area contributed by atoms with E-state index in [-0.39, 0.29) is 23.6 Å². The van der Waals surface area contributed by atoms with E-state index in [1.54, 1.807) is 19.1 Å². The molecule has 2 atom stereocenters. The lowest BCUT2D eigenvalue weighted by Gasteiger charge is -2.05. The summed E-state index contributed by atoms with van der Waals surface area (Å²) >= 11 is 11.9. The Bertz CT molecular complexity index is 682. The normalized spacial score (nSPS) is 21.1. The van der Waals surface area contributed by atoms with Crippen LogP contribution in [0.2, 0.25) is 10.0 Å². The summed E-state index contributed by atoms with van der Waals surface area (Å²) in [5.41, 5.74) is 1.41. The highest BCUT2D eigenvalue weighted by Crippen LogP contribution is 2.50. The van der Waals surface area contributed by atoms with Gasteiger partial charge in [0.15, 0.2) is 0 Å². The second-order valence-electron chi connectivity index (χ2n) is 6.66. The highest BCUT2D eigenvalue weighted by Gasteiger charge is 2.37. The van der Waals surface area contributed by atoms with Crippen LogP contribution in [0.25, 0.3) is 0 Å². The molecule has 1 aromatic carbocycles. The maximum Gasteiger partial charge on any atom is 0.244 e. The van der Waals surface area contributed by atoms with Gasteiger partial charge in [-0.3, -0.25) is 4.79 Å². The van der Waals surface area contributed by atoms with Crippen LogP contribution in [0, 0.1) is 11.8 Å². The zero-order valence-corrected chi connectivity index (χ0v) is 15.6. The maximum absolute atomic E-state index is 14.2. The van der Waals surface area contributed by atoms with E-state index in [4.69, 9.17) is 23.2 Å². The van der Waals surface area contributed by atoms with Crippen molar-refractivity contribution in [2.75, 3.05) is 6.54 Å². The molecule has 0 heterocycles. The van der Waals surface area contributed by atoms with Crippen LogP contribution in [0.4, 0.5) is 4.39 Å². The van der Waals surface area contributed by atoms with Crippen LogP contribution in [0.5, 0.6) is 0 Å². The van der Waals surface area contributed by atoms with Crippen LogP contribution in [0.15, 0.2) is 41.8 Å². The number of rotatable bonds is 6. The first kappa shape index (κ1) is 19.0. The minimum Gasteiger partial charge on any atom is -0.352 e. The van der Waals surface area contributed by atoms with E-state index in [1.165, 1.54) is 6.08 Å². The minimum atomic E-state index is -0.345. The summed E-state index contributed by atoms with van der Waals surface area (Å²) in [6.45, 7) is 6.20. The predicted molar refractivity (Wildman–Crippen MR) is 98.1 cm³/mol. The molecule has 1 fully saturated rings. The van der Waals surface area contributed by atoms with Crippen LogP contribution in [-0.4, -0.2) is 12.5 Å². The van der Waals surface area contributed by atoms with Crippen molar-refractivity contribution in [3.63, 3.8) is 0 Å². The Hall–Kier alpha value is -1.32. The Kier molecular flexibility index (Phi) is 6.47. The monoisotopic (exact) mass is 369 g/mol. The predicted octanol–water partition coefficient (Wildman–Crippen LogP) is 5.67. The van der Waals surface area contributed by atoms with Gasteiger partial charge in [0.1, 0.15) is 5.83 Å². The molecule has 1 aliphatic carbocycles. The third-order valence-electron chi connectivity index (χ3n) is 3.98. The van der Waals surface area contributed by atoms with Crippen molar-refractivity contribution in [3.8, 4) is 0 Å². The Labute approximate surface area is 152 Å². The number of allylic oxidation sites excluding steroid dienone is 3. The van der Waals surface area contributed by atoms with Gasteiger partial charge in [-0.05, 0) is 60.4 Å². The van der Waals surface area contributed by atoms with Gasteiger partial charge in [0.25, 0.3) is 0 Å². The molecule has 2 nitrogen and oxygen atoms in total. The molecule has 2 rings (SSSR count). The summed E-state index contributed by atoms with van der Waals surface area (Å²) in [4.78, 5) is 11.7. The summed E-state index contributed by atoms with van der Waals surface area (Å²) in [7, 11) is 0. The van der Waals surface area contributed by atoms with Gasteiger partial charge >= 0.3 is 0 Å². The Morgan fingerprint density at radius 3 is 2.71 bits per heavy atom. The average Bonchev–Trinajstić information content (AvgIpc) is 3.27. The zero-order valence-electron chi connectivity index (χ0n) is 14.1. The quantitative estimate of drug-likeness (QED) is 0.507. The van der Waals surface area contributed by atoms with E-state index in [0.29, 0.717) is 28.1 Å². The third-order valence-corrected chi connectivity index (χ3v) is 4.72. The molecule has 1 aromatic rings. The van der Waals surface area contributed by atoms with Crippen molar-refractivity contribution in [3.05, 3.63) is 57.4 Å². The first-order valence-electron chi connectivity index (χ1n) is 8.06. The molecule has 1 amide bonds. The maximum atomic E-state index is 14.2. The van der Waals surface area contributed by atoms with Gasteiger partial charge in [0.2, 0.25) is 5.91 Å². The smallest absolute Gasteiger partial charge is 0.244 e. The van der Waals surface area contributed by atoms with Crippen molar-refractivity contribution >= 4 is 29.1 Å². The second kappa shape index (κ2) is 8.17. The molecule has 1 aliphatic rings. The molecule has 5 heteroatoms. The van der Waals surface area contributed by atoms with Crippen LogP contribution in [-0.2, 0) is 4.79 Å². The molecular formula is C19H22Cl2FNO. The van der Waals surface area contributed by atoms with Crippen LogP contribution < -0.4 is 5.32 Å². The fourth-order valence-corrected chi connectivity index (χ4v) is 2.77. The standard InChI is InChI=1S/C19H22Cl2FNO/c1-11(2)10-23-19(24)6-12(3)18(22)9-14-7-15(14)13-4-5-16(20)17(21)8-13/h4-6,8-9,11,14-15H,7,10H2,1-3H3,(H,23,24)/b12-6+,18-9+/t14-,15-/m0/s1. The van der Waals surface area contributed by atoms with Gasteiger partial charge < -0.3 is 5.32 Å². The molecule has 0 saturated heterocycles. The van der Waals surface area contributed by atoms with Crippen molar-refractivity contribution in [2.45, 2.75) is 33.1 Å².